The molecular formula is C18H14FN5O. The second-order valence-electron chi connectivity index (χ2n) is 5.65. The second-order valence-corrected chi connectivity index (χ2v) is 5.65. The largest absolute Gasteiger partial charge is 0.334 e. The van der Waals surface area contributed by atoms with Gasteiger partial charge in [0.1, 0.15) is 5.82 Å². The standard InChI is InChI=1S/C18H14FN5O/c1-24-11-14(10-21-24)16-7-4-13(9-20-16)18-22-17(23-25-18)8-12-2-5-15(19)6-3-12/h2-7,9-11H,8H2,1H3. The number of rotatable bonds is 4. The van der Waals surface area contributed by atoms with E-state index in [0.717, 1.165) is 22.4 Å². The topological polar surface area (TPSA) is 69.6 Å². The van der Waals surface area contributed by atoms with Crippen LogP contribution in [-0.4, -0.2) is 24.9 Å². The molecule has 3 heterocycles. The summed E-state index contributed by atoms with van der Waals surface area (Å²) < 4.78 is 20.0. The van der Waals surface area contributed by atoms with Crippen LogP contribution in [0.4, 0.5) is 4.39 Å². The van der Waals surface area contributed by atoms with Gasteiger partial charge in [-0.2, -0.15) is 10.1 Å². The van der Waals surface area contributed by atoms with Crippen LogP contribution in [0.3, 0.4) is 0 Å². The minimum atomic E-state index is -0.266. The molecule has 0 aliphatic heterocycles. The summed E-state index contributed by atoms with van der Waals surface area (Å²) in [5.41, 5.74) is 3.42. The van der Waals surface area contributed by atoms with Gasteiger partial charge in [-0.25, -0.2) is 4.39 Å². The van der Waals surface area contributed by atoms with Crippen LogP contribution in [0, 0.1) is 5.82 Å². The number of aromatic nitrogens is 5. The first kappa shape index (κ1) is 15.2. The van der Waals surface area contributed by atoms with Crippen LogP contribution in [0.25, 0.3) is 22.7 Å². The lowest BCUT2D eigenvalue weighted by Gasteiger charge is -1.98. The Morgan fingerprint density at radius 3 is 2.56 bits per heavy atom. The molecule has 1 aromatic carbocycles. The van der Waals surface area contributed by atoms with E-state index in [1.165, 1.54) is 12.1 Å². The number of benzene rings is 1. The molecule has 0 aliphatic carbocycles. The van der Waals surface area contributed by atoms with Gasteiger partial charge in [0.15, 0.2) is 5.82 Å². The van der Waals surface area contributed by atoms with Crippen molar-refractivity contribution >= 4 is 0 Å². The normalized spacial score (nSPS) is 11.0. The van der Waals surface area contributed by atoms with Crippen molar-refractivity contribution < 1.29 is 8.91 Å². The zero-order chi connectivity index (χ0) is 17.2. The van der Waals surface area contributed by atoms with Crippen LogP contribution in [0.1, 0.15) is 11.4 Å². The SMILES string of the molecule is Cn1cc(-c2ccc(-c3nc(Cc4ccc(F)cc4)no3)cn2)cn1. The number of aryl methyl sites for hydroxylation is 1. The minimum Gasteiger partial charge on any atom is -0.334 e. The van der Waals surface area contributed by atoms with Crippen molar-refractivity contribution in [2.75, 3.05) is 0 Å². The maximum absolute atomic E-state index is 12.9. The summed E-state index contributed by atoms with van der Waals surface area (Å²) in [5, 5.41) is 8.11. The fourth-order valence-corrected chi connectivity index (χ4v) is 2.47. The van der Waals surface area contributed by atoms with Crippen molar-refractivity contribution in [2.45, 2.75) is 6.42 Å². The third-order valence-corrected chi connectivity index (χ3v) is 3.75. The highest BCUT2D eigenvalue weighted by Crippen LogP contribution is 2.21. The summed E-state index contributed by atoms with van der Waals surface area (Å²) in [4.78, 5) is 8.80. The van der Waals surface area contributed by atoms with Crippen molar-refractivity contribution in [3.8, 4) is 22.7 Å². The van der Waals surface area contributed by atoms with Gasteiger partial charge in [-0.1, -0.05) is 17.3 Å². The molecule has 0 fully saturated rings. The number of pyridine rings is 1. The molecule has 0 unspecified atom stereocenters. The van der Waals surface area contributed by atoms with E-state index in [0.29, 0.717) is 18.1 Å². The van der Waals surface area contributed by atoms with Gasteiger partial charge in [-0.15, -0.1) is 0 Å². The first-order valence-corrected chi connectivity index (χ1v) is 7.70. The fraction of sp³-hybridized carbons (Fsp3) is 0.111. The molecule has 0 amide bonds. The maximum atomic E-state index is 12.9. The number of hydrogen-bond acceptors (Lipinski definition) is 5. The zero-order valence-electron chi connectivity index (χ0n) is 13.4. The average molecular weight is 335 g/mol. The van der Waals surface area contributed by atoms with Crippen LogP contribution in [0.15, 0.2) is 59.5 Å². The smallest absolute Gasteiger partial charge is 0.259 e. The van der Waals surface area contributed by atoms with Crippen LogP contribution in [0.2, 0.25) is 0 Å². The highest BCUT2D eigenvalue weighted by atomic mass is 19.1. The molecule has 6 nitrogen and oxygen atoms in total. The van der Waals surface area contributed by atoms with Crippen LogP contribution >= 0.6 is 0 Å². The van der Waals surface area contributed by atoms with Gasteiger partial charge in [-0.3, -0.25) is 9.67 Å². The first-order valence-electron chi connectivity index (χ1n) is 7.70. The summed E-state index contributed by atoms with van der Waals surface area (Å²) in [6.07, 6.45) is 5.83. The summed E-state index contributed by atoms with van der Waals surface area (Å²) in [6.45, 7) is 0. The Morgan fingerprint density at radius 2 is 1.88 bits per heavy atom. The Hall–Kier alpha value is -3.35. The zero-order valence-corrected chi connectivity index (χ0v) is 13.4. The van der Waals surface area contributed by atoms with E-state index in [9.17, 15) is 4.39 Å². The molecule has 0 spiro atoms. The van der Waals surface area contributed by atoms with Gasteiger partial charge >= 0.3 is 0 Å². The summed E-state index contributed by atoms with van der Waals surface area (Å²) in [6, 6.07) is 10.0. The lowest BCUT2D eigenvalue weighted by Crippen LogP contribution is -1.91. The van der Waals surface area contributed by atoms with E-state index in [1.807, 2.05) is 25.4 Å². The van der Waals surface area contributed by atoms with Crippen LogP contribution in [-0.2, 0) is 13.5 Å². The van der Waals surface area contributed by atoms with Gasteiger partial charge in [0, 0.05) is 31.4 Å². The van der Waals surface area contributed by atoms with E-state index in [-0.39, 0.29) is 5.82 Å². The van der Waals surface area contributed by atoms with E-state index in [4.69, 9.17) is 4.52 Å². The summed E-state index contributed by atoms with van der Waals surface area (Å²) >= 11 is 0. The van der Waals surface area contributed by atoms with Crippen molar-refractivity contribution in [1.29, 1.82) is 0 Å². The molecule has 0 atom stereocenters. The minimum absolute atomic E-state index is 0.266. The van der Waals surface area contributed by atoms with Crippen molar-refractivity contribution in [2.24, 2.45) is 7.05 Å². The van der Waals surface area contributed by atoms with Crippen molar-refractivity contribution in [1.82, 2.24) is 24.9 Å². The van der Waals surface area contributed by atoms with Crippen LogP contribution in [0.5, 0.6) is 0 Å². The molecule has 7 heteroatoms. The van der Waals surface area contributed by atoms with Gasteiger partial charge < -0.3 is 4.52 Å². The quantitative estimate of drug-likeness (QED) is 0.572. The van der Waals surface area contributed by atoms with Crippen molar-refractivity contribution in [3.05, 3.63) is 72.2 Å². The van der Waals surface area contributed by atoms with Gasteiger partial charge in [-0.05, 0) is 29.8 Å². The van der Waals surface area contributed by atoms with E-state index in [2.05, 4.69) is 20.2 Å². The predicted molar refractivity (Wildman–Crippen MR) is 88.9 cm³/mol. The molecular weight excluding hydrogens is 321 g/mol. The van der Waals surface area contributed by atoms with Crippen molar-refractivity contribution in [3.63, 3.8) is 0 Å². The molecule has 0 saturated carbocycles. The average Bonchev–Trinajstić information content (AvgIpc) is 3.26. The molecule has 0 bridgehead atoms. The highest BCUT2D eigenvalue weighted by Gasteiger charge is 2.11. The second kappa shape index (κ2) is 6.27. The fourth-order valence-electron chi connectivity index (χ4n) is 2.47. The Balaban J connectivity index is 1.52. The molecule has 4 aromatic rings. The molecule has 0 radical (unpaired) electrons. The molecule has 4 rings (SSSR count). The predicted octanol–water partition coefficient (Wildman–Crippen LogP) is 3.26. The third-order valence-electron chi connectivity index (χ3n) is 3.75. The number of halogens is 1. The Kier molecular flexibility index (Phi) is 3.81. The Labute approximate surface area is 143 Å². The number of nitrogens with zero attached hydrogens (tertiary/aromatic N) is 5. The molecule has 124 valence electrons. The lowest BCUT2D eigenvalue weighted by atomic mass is 10.1. The van der Waals surface area contributed by atoms with E-state index >= 15 is 0 Å². The summed E-state index contributed by atoms with van der Waals surface area (Å²) in [5.74, 6) is 0.678. The van der Waals surface area contributed by atoms with E-state index < -0.39 is 0 Å². The molecule has 0 saturated heterocycles. The summed E-state index contributed by atoms with van der Waals surface area (Å²) in [7, 11) is 1.86. The molecule has 3 aromatic heterocycles. The van der Waals surface area contributed by atoms with Gasteiger partial charge in [0.25, 0.3) is 5.89 Å². The van der Waals surface area contributed by atoms with Crippen LogP contribution < -0.4 is 0 Å². The number of hydrogen-bond donors (Lipinski definition) is 0. The molecule has 0 aliphatic rings. The lowest BCUT2D eigenvalue weighted by molar-refractivity contribution is 0.424. The monoisotopic (exact) mass is 335 g/mol. The van der Waals surface area contributed by atoms with Gasteiger partial charge in [0.05, 0.1) is 17.5 Å². The third kappa shape index (κ3) is 3.30. The molecule has 0 N–H and O–H groups in total. The highest BCUT2D eigenvalue weighted by molar-refractivity contribution is 5.61. The van der Waals surface area contributed by atoms with Gasteiger partial charge in [0.2, 0.25) is 0 Å². The Bertz CT molecular complexity index is 989. The maximum Gasteiger partial charge on any atom is 0.259 e. The first-order chi connectivity index (χ1) is 12.2. The molecule has 25 heavy (non-hydrogen) atoms. The Morgan fingerprint density at radius 1 is 1.04 bits per heavy atom. The van der Waals surface area contributed by atoms with E-state index in [1.54, 1.807) is 29.2 Å².